The number of aromatic nitrogens is 1. The van der Waals surface area contributed by atoms with Crippen molar-refractivity contribution in [2.75, 3.05) is 14.2 Å². The van der Waals surface area contributed by atoms with Crippen LogP contribution in [0.25, 0.3) is 10.9 Å². The molecule has 1 aromatic heterocycles. The second-order valence-corrected chi connectivity index (χ2v) is 7.13. The molecule has 0 aliphatic rings. The van der Waals surface area contributed by atoms with Crippen LogP contribution in [0.4, 0.5) is 0 Å². The van der Waals surface area contributed by atoms with E-state index in [0.29, 0.717) is 26.5 Å². The maximum absolute atomic E-state index is 12.3. The molecule has 0 unspecified atom stereocenters. The summed E-state index contributed by atoms with van der Waals surface area (Å²) in [5, 5.41) is 4.58. The number of carbonyl (C=O) groups excluding carboxylic acids is 2. The van der Waals surface area contributed by atoms with Gasteiger partial charge in [0.2, 0.25) is 11.8 Å². The molecule has 0 fully saturated rings. The molecule has 8 heteroatoms. The number of nitrogens with one attached hydrogen (secondary N) is 1. The van der Waals surface area contributed by atoms with Crippen molar-refractivity contribution in [3.63, 3.8) is 0 Å². The molecule has 0 spiro atoms. The number of fused-ring (bicyclic) bond motifs is 1. The Bertz CT molecular complexity index is 1070. The smallest absolute Gasteiger partial charge is 0.343 e. The number of hydrogen-bond donors (Lipinski definition) is 1. The number of pyridine rings is 1. The van der Waals surface area contributed by atoms with Gasteiger partial charge in [0.15, 0.2) is 0 Å². The Labute approximate surface area is 177 Å². The van der Waals surface area contributed by atoms with Crippen molar-refractivity contribution in [2.45, 2.75) is 13.0 Å². The van der Waals surface area contributed by atoms with E-state index in [4.69, 9.17) is 32.7 Å². The first-order valence-corrected chi connectivity index (χ1v) is 9.43. The summed E-state index contributed by atoms with van der Waals surface area (Å²) in [6.07, 6.45) is 0.221. The zero-order valence-electron chi connectivity index (χ0n) is 15.8. The first-order chi connectivity index (χ1) is 13.9. The molecule has 1 amide bonds. The van der Waals surface area contributed by atoms with Crippen molar-refractivity contribution in [3.05, 3.63) is 69.2 Å². The number of methoxy groups -OCH3 is 2. The summed E-state index contributed by atoms with van der Waals surface area (Å²) in [4.78, 5) is 28.7. The van der Waals surface area contributed by atoms with Crippen LogP contribution < -0.4 is 10.1 Å². The van der Waals surface area contributed by atoms with E-state index in [1.54, 1.807) is 42.5 Å². The zero-order chi connectivity index (χ0) is 21.0. The van der Waals surface area contributed by atoms with Crippen LogP contribution in [0.5, 0.6) is 5.88 Å². The fraction of sp³-hybridized carbons (Fsp3) is 0.190. The first-order valence-electron chi connectivity index (χ1n) is 8.68. The number of nitrogens with zero attached hydrogens (tertiary/aromatic N) is 1. The second-order valence-electron chi connectivity index (χ2n) is 6.25. The first kappa shape index (κ1) is 20.9. The van der Waals surface area contributed by atoms with Gasteiger partial charge in [-0.2, -0.15) is 0 Å². The van der Waals surface area contributed by atoms with Gasteiger partial charge in [-0.05, 0) is 41.5 Å². The van der Waals surface area contributed by atoms with Gasteiger partial charge in [-0.1, -0.05) is 35.3 Å². The van der Waals surface area contributed by atoms with E-state index in [0.717, 1.165) is 5.56 Å². The Balaban J connectivity index is 1.85. The van der Waals surface area contributed by atoms with Crippen LogP contribution in [0.15, 0.2) is 42.5 Å². The fourth-order valence-electron chi connectivity index (χ4n) is 2.89. The number of amides is 1. The largest absolute Gasteiger partial charge is 0.480 e. The SMILES string of the molecule is COC(=O)c1cc2cc(Cl)cc(CNC(=O)Cc3ccc(Cl)cc3)c2nc1OC. The van der Waals surface area contributed by atoms with E-state index in [9.17, 15) is 9.59 Å². The maximum atomic E-state index is 12.3. The van der Waals surface area contributed by atoms with Crippen LogP contribution >= 0.6 is 23.2 Å². The van der Waals surface area contributed by atoms with Crippen LogP contribution in [0.1, 0.15) is 21.5 Å². The van der Waals surface area contributed by atoms with Crippen LogP contribution in [-0.2, 0) is 22.5 Å². The van der Waals surface area contributed by atoms with Gasteiger partial charge in [0.1, 0.15) is 5.56 Å². The second kappa shape index (κ2) is 9.11. The van der Waals surface area contributed by atoms with Crippen LogP contribution in [-0.4, -0.2) is 31.1 Å². The molecule has 6 nitrogen and oxygen atoms in total. The van der Waals surface area contributed by atoms with Gasteiger partial charge in [-0.25, -0.2) is 9.78 Å². The number of carbonyl (C=O) groups is 2. The Morgan fingerprint density at radius 2 is 1.76 bits per heavy atom. The predicted octanol–water partition coefficient (Wildman–Crippen LogP) is 4.20. The quantitative estimate of drug-likeness (QED) is 0.590. The lowest BCUT2D eigenvalue weighted by Crippen LogP contribution is -2.24. The predicted molar refractivity (Wildman–Crippen MR) is 112 cm³/mol. The molecule has 150 valence electrons. The maximum Gasteiger partial charge on any atom is 0.343 e. The van der Waals surface area contributed by atoms with Gasteiger partial charge in [-0.3, -0.25) is 4.79 Å². The molecule has 0 radical (unpaired) electrons. The summed E-state index contributed by atoms with van der Waals surface area (Å²) in [6, 6.07) is 12.1. The van der Waals surface area contributed by atoms with Gasteiger partial charge >= 0.3 is 5.97 Å². The highest BCUT2D eigenvalue weighted by Crippen LogP contribution is 2.28. The lowest BCUT2D eigenvalue weighted by molar-refractivity contribution is -0.120. The van der Waals surface area contributed by atoms with Crippen molar-refractivity contribution in [1.82, 2.24) is 10.3 Å². The topological polar surface area (TPSA) is 77.5 Å². The van der Waals surface area contributed by atoms with Crippen LogP contribution in [0, 0.1) is 0 Å². The number of esters is 1. The van der Waals surface area contributed by atoms with Gasteiger partial charge in [-0.15, -0.1) is 0 Å². The summed E-state index contributed by atoms with van der Waals surface area (Å²) in [7, 11) is 2.70. The Morgan fingerprint density at radius 3 is 2.41 bits per heavy atom. The molecular formula is C21H18Cl2N2O4. The Morgan fingerprint density at radius 1 is 1.03 bits per heavy atom. The minimum Gasteiger partial charge on any atom is -0.480 e. The standard InChI is InChI=1S/C21H18Cl2N2O4/c1-28-20-17(21(27)29-2)10-13-8-16(23)9-14(19(13)25-20)11-24-18(26)7-12-3-5-15(22)6-4-12/h3-6,8-10H,7,11H2,1-2H3,(H,24,26). The van der Waals surface area contributed by atoms with Gasteiger partial charge < -0.3 is 14.8 Å². The summed E-state index contributed by atoms with van der Waals surface area (Å²) in [5.74, 6) is -0.576. The lowest BCUT2D eigenvalue weighted by atomic mass is 10.1. The summed E-state index contributed by atoms with van der Waals surface area (Å²) >= 11 is 12.1. The Kier molecular flexibility index (Phi) is 6.56. The Hall–Kier alpha value is -2.83. The number of ether oxygens (including phenoxy) is 2. The average Bonchev–Trinajstić information content (AvgIpc) is 2.72. The van der Waals surface area contributed by atoms with Crippen molar-refractivity contribution in [3.8, 4) is 5.88 Å². The number of rotatable bonds is 6. The molecule has 0 atom stereocenters. The fourth-order valence-corrected chi connectivity index (χ4v) is 3.27. The third-order valence-electron chi connectivity index (χ3n) is 4.28. The molecule has 29 heavy (non-hydrogen) atoms. The minimum atomic E-state index is -0.561. The summed E-state index contributed by atoms with van der Waals surface area (Å²) < 4.78 is 10.0. The van der Waals surface area contributed by atoms with Gasteiger partial charge in [0.05, 0.1) is 26.2 Å². The van der Waals surface area contributed by atoms with Crippen LogP contribution in [0.3, 0.4) is 0 Å². The molecule has 3 aromatic rings. The highest BCUT2D eigenvalue weighted by atomic mass is 35.5. The number of benzene rings is 2. The van der Waals surface area contributed by atoms with E-state index in [1.807, 2.05) is 0 Å². The van der Waals surface area contributed by atoms with E-state index in [-0.39, 0.29) is 30.3 Å². The van der Waals surface area contributed by atoms with Gasteiger partial charge in [0.25, 0.3) is 0 Å². The molecule has 1 N–H and O–H groups in total. The molecule has 3 rings (SSSR count). The van der Waals surface area contributed by atoms with Crippen molar-refractivity contribution >= 4 is 46.0 Å². The third-order valence-corrected chi connectivity index (χ3v) is 4.75. The highest BCUT2D eigenvalue weighted by Gasteiger charge is 2.18. The van der Waals surface area contributed by atoms with E-state index >= 15 is 0 Å². The zero-order valence-corrected chi connectivity index (χ0v) is 17.3. The van der Waals surface area contributed by atoms with Gasteiger partial charge in [0, 0.05) is 22.0 Å². The molecular weight excluding hydrogens is 415 g/mol. The van der Waals surface area contributed by atoms with Crippen molar-refractivity contribution in [1.29, 1.82) is 0 Å². The average molecular weight is 433 g/mol. The van der Waals surface area contributed by atoms with E-state index in [2.05, 4.69) is 10.3 Å². The van der Waals surface area contributed by atoms with Crippen molar-refractivity contribution < 1.29 is 19.1 Å². The molecule has 1 heterocycles. The third kappa shape index (κ3) is 4.96. The molecule has 0 saturated heterocycles. The van der Waals surface area contributed by atoms with Crippen molar-refractivity contribution in [2.24, 2.45) is 0 Å². The lowest BCUT2D eigenvalue weighted by Gasteiger charge is -2.12. The molecule has 0 aliphatic heterocycles. The molecule has 0 saturated carbocycles. The summed E-state index contributed by atoms with van der Waals surface area (Å²) in [6.45, 7) is 0.219. The normalized spacial score (nSPS) is 10.6. The van der Waals surface area contributed by atoms with E-state index in [1.165, 1.54) is 14.2 Å². The minimum absolute atomic E-state index is 0.139. The van der Waals surface area contributed by atoms with Crippen LogP contribution in [0.2, 0.25) is 10.0 Å². The van der Waals surface area contributed by atoms with E-state index < -0.39 is 5.97 Å². The molecule has 0 bridgehead atoms. The highest BCUT2D eigenvalue weighted by molar-refractivity contribution is 6.31. The molecule has 2 aromatic carbocycles. The number of halogens is 2. The molecule has 0 aliphatic carbocycles. The summed E-state index contributed by atoms with van der Waals surface area (Å²) in [5.41, 5.74) is 2.32. The monoisotopic (exact) mass is 432 g/mol. The number of hydrogen-bond acceptors (Lipinski definition) is 5.